The molecule has 5 nitrogen and oxygen atoms in total. The number of hydrogen-bond acceptors (Lipinski definition) is 4. The van der Waals surface area contributed by atoms with Gasteiger partial charge in [-0.15, -0.1) is 11.3 Å². The third kappa shape index (κ3) is 2.57. The van der Waals surface area contributed by atoms with Crippen LogP contribution in [0.25, 0.3) is 0 Å². The van der Waals surface area contributed by atoms with Crippen LogP contribution < -0.4 is 16.8 Å². The molecule has 0 saturated heterocycles. The number of amides is 2. The maximum atomic E-state index is 12.4. The van der Waals surface area contributed by atoms with Gasteiger partial charge in [-0.05, 0) is 43.4 Å². The van der Waals surface area contributed by atoms with E-state index in [0.29, 0.717) is 21.8 Å². The van der Waals surface area contributed by atoms with Gasteiger partial charge in [0.05, 0.1) is 11.1 Å². The van der Waals surface area contributed by atoms with Crippen LogP contribution in [-0.2, 0) is 12.8 Å². The van der Waals surface area contributed by atoms with Gasteiger partial charge in [-0.3, -0.25) is 9.59 Å². The second-order valence-corrected chi connectivity index (χ2v) is 6.43. The molecule has 0 unspecified atom stereocenters. The molecule has 5 N–H and O–H groups in total. The van der Waals surface area contributed by atoms with Gasteiger partial charge in [0.25, 0.3) is 11.8 Å². The topological polar surface area (TPSA) is 98.2 Å². The predicted molar refractivity (Wildman–Crippen MR) is 88.3 cm³/mol. The van der Waals surface area contributed by atoms with Crippen LogP contribution in [0.15, 0.2) is 24.3 Å². The Labute approximate surface area is 132 Å². The zero-order valence-electron chi connectivity index (χ0n) is 12.0. The minimum absolute atomic E-state index is 0.320. The molecule has 1 aromatic carbocycles. The van der Waals surface area contributed by atoms with Crippen LogP contribution in [-0.4, -0.2) is 11.8 Å². The lowest BCUT2D eigenvalue weighted by Gasteiger charge is -2.11. The van der Waals surface area contributed by atoms with Crippen LogP contribution in [0.5, 0.6) is 0 Å². The molecule has 114 valence electrons. The van der Waals surface area contributed by atoms with Crippen molar-refractivity contribution in [2.75, 3.05) is 11.1 Å². The van der Waals surface area contributed by atoms with Gasteiger partial charge in [0.2, 0.25) is 0 Å². The number of anilines is 2. The number of para-hydroxylation sites is 1. The average Bonchev–Trinajstić information content (AvgIpc) is 2.85. The Morgan fingerprint density at radius 3 is 2.59 bits per heavy atom. The maximum absolute atomic E-state index is 12.4. The molecular formula is C16H17N3O2S. The molecule has 3 rings (SSSR count). The molecule has 0 saturated carbocycles. The molecule has 1 aliphatic rings. The highest BCUT2D eigenvalue weighted by Crippen LogP contribution is 2.38. The van der Waals surface area contributed by atoms with E-state index < -0.39 is 5.91 Å². The Balaban J connectivity index is 1.95. The summed E-state index contributed by atoms with van der Waals surface area (Å²) in [6.07, 6.45) is 3.92. The predicted octanol–water partition coefficient (Wildman–Crippen LogP) is 2.56. The van der Waals surface area contributed by atoms with Crippen molar-refractivity contribution in [3.63, 3.8) is 0 Å². The molecular weight excluding hydrogens is 298 g/mol. The molecule has 1 heterocycles. The molecule has 6 heteroatoms. The number of fused-ring (bicyclic) bond motifs is 1. The number of carbonyl (C=O) groups excluding carboxylic acids is 2. The van der Waals surface area contributed by atoms with E-state index in [4.69, 9.17) is 11.5 Å². The van der Waals surface area contributed by atoms with Crippen LogP contribution in [0.1, 0.15) is 44.0 Å². The van der Waals surface area contributed by atoms with E-state index in [2.05, 4.69) is 5.32 Å². The molecule has 1 aliphatic carbocycles. The van der Waals surface area contributed by atoms with Crippen molar-refractivity contribution < 1.29 is 9.59 Å². The fraction of sp³-hybridized carbons (Fsp3) is 0.250. The van der Waals surface area contributed by atoms with Crippen molar-refractivity contribution >= 4 is 33.8 Å². The van der Waals surface area contributed by atoms with Gasteiger partial charge < -0.3 is 16.8 Å². The quantitative estimate of drug-likeness (QED) is 0.759. The minimum atomic E-state index is -0.490. The van der Waals surface area contributed by atoms with E-state index in [1.54, 1.807) is 24.3 Å². The van der Waals surface area contributed by atoms with E-state index in [0.717, 1.165) is 36.1 Å². The van der Waals surface area contributed by atoms with Crippen molar-refractivity contribution in [2.24, 2.45) is 5.73 Å². The van der Waals surface area contributed by atoms with Crippen LogP contribution >= 0.6 is 11.3 Å². The van der Waals surface area contributed by atoms with Crippen molar-refractivity contribution in [1.82, 2.24) is 0 Å². The van der Waals surface area contributed by atoms with Crippen molar-refractivity contribution in [1.29, 1.82) is 0 Å². The number of nitrogen functional groups attached to an aromatic ring is 1. The number of rotatable bonds is 3. The summed E-state index contributed by atoms with van der Waals surface area (Å²) in [5.74, 6) is -0.810. The molecule has 0 spiro atoms. The second-order valence-electron chi connectivity index (χ2n) is 5.32. The first-order valence-corrected chi connectivity index (χ1v) is 7.99. The summed E-state index contributed by atoms with van der Waals surface area (Å²) in [5.41, 5.74) is 13.6. The van der Waals surface area contributed by atoms with Gasteiger partial charge in [0, 0.05) is 10.6 Å². The third-order valence-corrected chi connectivity index (χ3v) is 5.06. The number of benzene rings is 1. The summed E-state index contributed by atoms with van der Waals surface area (Å²) in [7, 11) is 0. The number of carbonyl (C=O) groups is 2. The lowest BCUT2D eigenvalue weighted by atomic mass is 9.95. The lowest BCUT2D eigenvalue weighted by Crippen LogP contribution is -2.19. The molecule has 2 amide bonds. The van der Waals surface area contributed by atoms with Crippen LogP contribution in [0.3, 0.4) is 0 Å². The van der Waals surface area contributed by atoms with E-state index >= 15 is 0 Å². The molecule has 22 heavy (non-hydrogen) atoms. The first-order chi connectivity index (χ1) is 10.6. The van der Waals surface area contributed by atoms with Crippen LogP contribution in [0, 0.1) is 0 Å². The fourth-order valence-corrected chi connectivity index (χ4v) is 4.08. The number of aryl methyl sites for hydroxylation is 1. The van der Waals surface area contributed by atoms with Crippen LogP contribution in [0.4, 0.5) is 10.7 Å². The third-order valence-electron chi connectivity index (χ3n) is 3.85. The van der Waals surface area contributed by atoms with Gasteiger partial charge in [-0.25, -0.2) is 0 Å². The summed E-state index contributed by atoms with van der Waals surface area (Å²) in [5, 5.41) is 3.34. The maximum Gasteiger partial charge on any atom is 0.258 e. The zero-order valence-corrected chi connectivity index (χ0v) is 12.8. The normalized spacial score (nSPS) is 13.5. The van der Waals surface area contributed by atoms with Gasteiger partial charge in [-0.2, -0.15) is 0 Å². The number of primary amides is 1. The molecule has 0 bridgehead atoms. The Morgan fingerprint density at radius 1 is 1.14 bits per heavy atom. The highest BCUT2D eigenvalue weighted by atomic mass is 32.1. The largest absolute Gasteiger partial charge is 0.398 e. The lowest BCUT2D eigenvalue weighted by molar-refractivity contribution is 0.100. The smallest absolute Gasteiger partial charge is 0.258 e. The number of hydrogen-bond donors (Lipinski definition) is 3. The van der Waals surface area contributed by atoms with Gasteiger partial charge >= 0.3 is 0 Å². The standard InChI is InChI=1S/C16H17N3O2S/c17-11-7-3-1-5-9(11)15(21)19-16-13(14(18)20)10-6-2-4-8-12(10)22-16/h1,3,5,7H,2,4,6,8,17H2,(H2,18,20)(H,19,21). The first kappa shape index (κ1) is 14.6. The summed E-state index contributed by atoms with van der Waals surface area (Å²) in [6, 6.07) is 6.84. The first-order valence-electron chi connectivity index (χ1n) is 7.18. The van der Waals surface area contributed by atoms with Crippen molar-refractivity contribution in [2.45, 2.75) is 25.7 Å². The molecule has 1 aromatic heterocycles. The fourth-order valence-electron chi connectivity index (χ4n) is 2.79. The Hall–Kier alpha value is -2.34. The SMILES string of the molecule is NC(=O)c1c(NC(=O)c2ccccc2N)sc2c1CCCC2. The number of nitrogens with one attached hydrogen (secondary N) is 1. The molecule has 2 aromatic rings. The highest BCUT2D eigenvalue weighted by Gasteiger charge is 2.25. The Bertz CT molecular complexity index is 752. The van der Waals surface area contributed by atoms with E-state index in [1.807, 2.05) is 0 Å². The minimum Gasteiger partial charge on any atom is -0.398 e. The summed E-state index contributed by atoms with van der Waals surface area (Å²) in [6.45, 7) is 0. The monoisotopic (exact) mass is 315 g/mol. The van der Waals surface area contributed by atoms with Crippen molar-refractivity contribution in [3.8, 4) is 0 Å². The molecule has 0 radical (unpaired) electrons. The molecule has 0 fully saturated rings. The summed E-state index contributed by atoms with van der Waals surface area (Å²) >= 11 is 1.45. The van der Waals surface area contributed by atoms with Crippen LogP contribution in [0.2, 0.25) is 0 Å². The van der Waals surface area contributed by atoms with E-state index in [1.165, 1.54) is 11.3 Å². The highest BCUT2D eigenvalue weighted by molar-refractivity contribution is 7.17. The summed E-state index contributed by atoms with van der Waals surface area (Å²) in [4.78, 5) is 25.3. The van der Waals surface area contributed by atoms with Gasteiger partial charge in [-0.1, -0.05) is 12.1 Å². The van der Waals surface area contributed by atoms with E-state index in [9.17, 15) is 9.59 Å². The molecule has 0 aliphatic heterocycles. The summed E-state index contributed by atoms with van der Waals surface area (Å²) < 4.78 is 0. The number of nitrogens with two attached hydrogens (primary N) is 2. The van der Waals surface area contributed by atoms with Crippen molar-refractivity contribution in [3.05, 3.63) is 45.8 Å². The average molecular weight is 315 g/mol. The second kappa shape index (κ2) is 5.81. The molecule has 0 atom stereocenters. The van der Waals surface area contributed by atoms with Gasteiger partial charge in [0.15, 0.2) is 0 Å². The Morgan fingerprint density at radius 2 is 1.86 bits per heavy atom. The van der Waals surface area contributed by atoms with E-state index in [-0.39, 0.29) is 5.91 Å². The van der Waals surface area contributed by atoms with Gasteiger partial charge in [0.1, 0.15) is 5.00 Å². The number of thiophene rings is 1. The Kier molecular flexibility index (Phi) is 3.85. The zero-order chi connectivity index (χ0) is 15.7.